The number of aromatic nitrogens is 2. The highest BCUT2D eigenvalue weighted by Gasteiger charge is 2.20. The lowest BCUT2D eigenvalue weighted by molar-refractivity contribution is 0.187. The molecule has 1 aliphatic heterocycles. The minimum atomic E-state index is 0. The minimum Gasteiger partial charge on any atom is -0.354 e. The number of nitrogens with one attached hydrogen (secondary N) is 2. The standard InChI is InChI=1S/C20H32N6.HI/c1-15(2)13-25-10-8-17(9-11-25)24-20(21-4)22-12-18-14-26-16(3)6-5-7-19(26)23-18;/h5-7,14-15,17H,8-13H2,1-4H3,(H2,21,22,24);1H. The molecule has 2 aromatic rings. The number of likely N-dealkylation sites (tertiary alicyclic amines) is 1. The van der Waals surface area contributed by atoms with E-state index < -0.39 is 0 Å². The van der Waals surface area contributed by atoms with Crippen molar-refractivity contribution in [2.24, 2.45) is 10.9 Å². The molecule has 0 aliphatic carbocycles. The van der Waals surface area contributed by atoms with Crippen LogP contribution in [0.15, 0.2) is 29.4 Å². The van der Waals surface area contributed by atoms with Crippen LogP contribution in [-0.4, -0.2) is 53.0 Å². The summed E-state index contributed by atoms with van der Waals surface area (Å²) in [5.74, 6) is 1.60. The summed E-state index contributed by atoms with van der Waals surface area (Å²) < 4.78 is 2.12. The molecule has 0 spiro atoms. The number of hydrogen-bond donors (Lipinski definition) is 2. The van der Waals surface area contributed by atoms with Crippen LogP contribution in [0, 0.1) is 12.8 Å². The fourth-order valence-electron chi connectivity index (χ4n) is 3.62. The molecule has 6 nitrogen and oxygen atoms in total. The highest BCUT2D eigenvalue weighted by Crippen LogP contribution is 2.12. The molecule has 3 rings (SSSR count). The Labute approximate surface area is 179 Å². The number of halogens is 1. The van der Waals surface area contributed by atoms with Crippen molar-refractivity contribution in [3.05, 3.63) is 35.8 Å². The van der Waals surface area contributed by atoms with Gasteiger partial charge < -0.3 is 19.9 Å². The molecule has 2 N–H and O–H groups in total. The van der Waals surface area contributed by atoms with Gasteiger partial charge in [-0.15, -0.1) is 24.0 Å². The maximum atomic E-state index is 4.68. The molecule has 7 heteroatoms. The number of guanidine groups is 1. The van der Waals surface area contributed by atoms with Crippen LogP contribution >= 0.6 is 24.0 Å². The third-order valence-electron chi connectivity index (χ3n) is 4.96. The van der Waals surface area contributed by atoms with Crippen LogP contribution in [0.25, 0.3) is 5.65 Å². The molecule has 1 aliphatic rings. The first-order valence-corrected chi connectivity index (χ1v) is 9.68. The monoisotopic (exact) mass is 484 g/mol. The summed E-state index contributed by atoms with van der Waals surface area (Å²) in [5.41, 5.74) is 3.20. The van der Waals surface area contributed by atoms with E-state index in [2.05, 4.69) is 62.9 Å². The maximum absolute atomic E-state index is 4.68. The van der Waals surface area contributed by atoms with E-state index in [1.165, 1.54) is 38.2 Å². The number of pyridine rings is 1. The van der Waals surface area contributed by atoms with Crippen molar-refractivity contribution in [1.29, 1.82) is 0 Å². The molecule has 0 unspecified atom stereocenters. The first-order chi connectivity index (χ1) is 12.5. The quantitative estimate of drug-likeness (QED) is 0.389. The second-order valence-electron chi connectivity index (χ2n) is 7.67. The molecule has 0 atom stereocenters. The van der Waals surface area contributed by atoms with Crippen molar-refractivity contribution in [3.63, 3.8) is 0 Å². The van der Waals surface area contributed by atoms with Gasteiger partial charge in [-0.2, -0.15) is 0 Å². The van der Waals surface area contributed by atoms with Gasteiger partial charge in [0, 0.05) is 44.6 Å². The zero-order valence-corrected chi connectivity index (χ0v) is 19.2. The smallest absolute Gasteiger partial charge is 0.191 e. The first-order valence-electron chi connectivity index (χ1n) is 9.68. The van der Waals surface area contributed by atoms with Gasteiger partial charge in [0.2, 0.25) is 0 Å². The number of imidazole rings is 1. The average molecular weight is 484 g/mol. The molecule has 0 bridgehead atoms. The summed E-state index contributed by atoms with van der Waals surface area (Å²) in [7, 11) is 1.83. The summed E-state index contributed by atoms with van der Waals surface area (Å²) in [6.07, 6.45) is 4.43. The molecule has 27 heavy (non-hydrogen) atoms. The molecule has 150 valence electrons. The molecule has 3 heterocycles. The van der Waals surface area contributed by atoms with E-state index in [-0.39, 0.29) is 24.0 Å². The van der Waals surface area contributed by atoms with Crippen LogP contribution in [0.3, 0.4) is 0 Å². The number of piperidine rings is 1. The largest absolute Gasteiger partial charge is 0.354 e. The fraction of sp³-hybridized carbons (Fsp3) is 0.600. The Kier molecular flexibility index (Phi) is 8.34. The van der Waals surface area contributed by atoms with Gasteiger partial charge in [-0.3, -0.25) is 4.99 Å². The third-order valence-corrected chi connectivity index (χ3v) is 4.96. The highest BCUT2D eigenvalue weighted by molar-refractivity contribution is 14.0. The molecule has 0 radical (unpaired) electrons. The summed E-state index contributed by atoms with van der Waals surface area (Å²) in [6.45, 7) is 10.9. The van der Waals surface area contributed by atoms with E-state index in [1.54, 1.807) is 0 Å². The van der Waals surface area contributed by atoms with Crippen molar-refractivity contribution in [2.75, 3.05) is 26.7 Å². The van der Waals surface area contributed by atoms with E-state index in [0.717, 1.165) is 23.2 Å². The van der Waals surface area contributed by atoms with Gasteiger partial charge >= 0.3 is 0 Å². The summed E-state index contributed by atoms with van der Waals surface area (Å²) in [6, 6.07) is 6.67. The number of hydrogen-bond acceptors (Lipinski definition) is 3. The number of nitrogens with zero attached hydrogens (tertiary/aromatic N) is 4. The lowest BCUT2D eigenvalue weighted by atomic mass is 10.0. The van der Waals surface area contributed by atoms with Crippen LogP contribution in [0.4, 0.5) is 0 Å². The average Bonchev–Trinajstić information content (AvgIpc) is 3.04. The zero-order valence-electron chi connectivity index (χ0n) is 16.9. The molecule has 2 aromatic heterocycles. The highest BCUT2D eigenvalue weighted by atomic mass is 127. The molecule has 0 amide bonds. The van der Waals surface area contributed by atoms with Gasteiger partial charge in [-0.1, -0.05) is 19.9 Å². The van der Waals surface area contributed by atoms with Crippen LogP contribution in [0.2, 0.25) is 0 Å². The van der Waals surface area contributed by atoms with Gasteiger partial charge in [0.25, 0.3) is 0 Å². The van der Waals surface area contributed by atoms with Crippen molar-refractivity contribution in [3.8, 4) is 0 Å². The Bertz CT molecular complexity index is 746. The molecular formula is C20H33IN6. The Morgan fingerprint density at radius 1 is 1.30 bits per heavy atom. The normalized spacial score (nSPS) is 16.6. The van der Waals surface area contributed by atoms with Crippen molar-refractivity contribution in [2.45, 2.75) is 46.2 Å². The minimum absolute atomic E-state index is 0. The molecule has 1 saturated heterocycles. The second-order valence-corrected chi connectivity index (χ2v) is 7.67. The van der Waals surface area contributed by atoms with Gasteiger partial charge in [-0.05, 0) is 37.8 Å². The predicted octanol–water partition coefficient (Wildman–Crippen LogP) is 3.05. The van der Waals surface area contributed by atoms with E-state index in [0.29, 0.717) is 12.6 Å². The van der Waals surface area contributed by atoms with E-state index in [9.17, 15) is 0 Å². The van der Waals surface area contributed by atoms with Gasteiger partial charge in [0.15, 0.2) is 5.96 Å². The summed E-state index contributed by atoms with van der Waals surface area (Å²) in [4.78, 5) is 11.6. The first kappa shape index (κ1) is 21.9. The van der Waals surface area contributed by atoms with Crippen LogP contribution in [0.1, 0.15) is 38.1 Å². The van der Waals surface area contributed by atoms with Crippen molar-refractivity contribution in [1.82, 2.24) is 24.9 Å². The van der Waals surface area contributed by atoms with Crippen LogP contribution in [-0.2, 0) is 6.54 Å². The zero-order chi connectivity index (χ0) is 18.5. The molecular weight excluding hydrogens is 451 g/mol. The molecule has 1 fully saturated rings. The summed E-state index contributed by atoms with van der Waals surface area (Å²) >= 11 is 0. The van der Waals surface area contributed by atoms with Crippen molar-refractivity contribution >= 4 is 35.6 Å². The number of aliphatic imine (C=N–C) groups is 1. The molecule has 0 aromatic carbocycles. The summed E-state index contributed by atoms with van der Waals surface area (Å²) in [5, 5.41) is 6.98. The fourth-order valence-corrected chi connectivity index (χ4v) is 3.62. The Balaban J connectivity index is 0.00000261. The predicted molar refractivity (Wildman–Crippen MR) is 123 cm³/mol. The Hall–Kier alpha value is -1.35. The van der Waals surface area contributed by atoms with Crippen LogP contribution in [0.5, 0.6) is 0 Å². The van der Waals surface area contributed by atoms with E-state index in [4.69, 9.17) is 0 Å². The Morgan fingerprint density at radius 3 is 2.67 bits per heavy atom. The third kappa shape index (κ3) is 6.07. The topological polar surface area (TPSA) is 57.0 Å². The maximum Gasteiger partial charge on any atom is 0.191 e. The lowest BCUT2D eigenvalue weighted by Gasteiger charge is -2.33. The Morgan fingerprint density at radius 2 is 2.04 bits per heavy atom. The van der Waals surface area contributed by atoms with Gasteiger partial charge in [0.05, 0.1) is 12.2 Å². The molecule has 0 saturated carbocycles. The number of fused-ring (bicyclic) bond motifs is 1. The SMILES string of the molecule is CN=C(NCc1cn2c(C)cccc2n1)NC1CCN(CC(C)C)CC1.I. The van der Waals surface area contributed by atoms with E-state index in [1.807, 2.05) is 19.2 Å². The van der Waals surface area contributed by atoms with Crippen LogP contribution < -0.4 is 10.6 Å². The lowest BCUT2D eigenvalue weighted by Crippen LogP contribution is -2.49. The number of aryl methyl sites for hydroxylation is 1. The van der Waals surface area contributed by atoms with Gasteiger partial charge in [0.1, 0.15) is 5.65 Å². The van der Waals surface area contributed by atoms with E-state index >= 15 is 0 Å². The van der Waals surface area contributed by atoms with Crippen molar-refractivity contribution < 1.29 is 0 Å². The van der Waals surface area contributed by atoms with Gasteiger partial charge in [-0.25, -0.2) is 4.98 Å². The second kappa shape index (κ2) is 10.3. The number of rotatable bonds is 5.